The van der Waals surface area contributed by atoms with Gasteiger partial charge in [0.1, 0.15) is 5.83 Å². The molecule has 1 saturated carbocycles. The minimum absolute atomic E-state index is 0.337. The Morgan fingerprint density at radius 2 is 1.67 bits per heavy atom. The maximum absolute atomic E-state index is 14.2. The van der Waals surface area contributed by atoms with Gasteiger partial charge >= 0.3 is 0 Å². The summed E-state index contributed by atoms with van der Waals surface area (Å²) in [5.41, 5.74) is -0.690. The monoisotopic (exact) mass is 302 g/mol. The molecule has 5 heteroatoms. The predicted octanol–water partition coefficient (Wildman–Crippen LogP) is 5.41. The molecule has 0 amide bonds. The zero-order valence-corrected chi connectivity index (χ0v) is 12.1. The summed E-state index contributed by atoms with van der Waals surface area (Å²) in [6.45, 7) is 2.06. The summed E-state index contributed by atoms with van der Waals surface area (Å²) < 4.78 is 60.3. The molecule has 0 spiro atoms. The zero-order valence-electron chi connectivity index (χ0n) is 12.1. The number of benzene rings is 1. The van der Waals surface area contributed by atoms with E-state index in [1.165, 1.54) is 7.11 Å². The van der Waals surface area contributed by atoms with Crippen molar-refractivity contribution < 1.29 is 22.3 Å². The summed E-state index contributed by atoms with van der Waals surface area (Å²) in [5.74, 6) is -5.42. The number of rotatable bonds is 3. The van der Waals surface area contributed by atoms with Crippen LogP contribution in [0.25, 0.3) is 5.83 Å². The van der Waals surface area contributed by atoms with Crippen molar-refractivity contribution >= 4 is 5.83 Å². The van der Waals surface area contributed by atoms with Crippen molar-refractivity contribution in [3.63, 3.8) is 0 Å². The van der Waals surface area contributed by atoms with E-state index in [9.17, 15) is 17.6 Å². The standard InChI is InChI=1S/C16H18F4O/c1-9-3-5-10(6-4-9)13(17)14(18)11-7-8-12(21-2)16(20)15(11)19/h7-10H,3-6H2,1-2H3/b14-13+. The fraction of sp³-hybridized carbons (Fsp3) is 0.500. The molecule has 0 heterocycles. The van der Waals surface area contributed by atoms with Gasteiger partial charge in [0.25, 0.3) is 0 Å². The molecular formula is C16H18F4O. The Hall–Kier alpha value is -1.52. The normalized spacial score (nSPS) is 23.7. The first kappa shape index (κ1) is 15.9. The van der Waals surface area contributed by atoms with Crippen LogP contribution in [0.5, 0.6) is 5.75 Å². The fourth-order valence-electron chi connectivity index (χ4n) is 2.68. The summed E-state index contributed by atoms with van der Waals surface area (Å²) in [6.07, 6.45) is 2.68. The van der Waals surface area contributed by atoms with E-state index >= 15 is 0 Å². The second kappa shape index (κ2) is 6.50. The van der Waals surface area contributed by atoms with E-state index in [0.29, 0.717) is 18.8 Å². The van der Waals surface area contributed by atoms with E-state index in [1.54, 1.807) is 0 Å². The van der Waals surface area contributed by atoms with Crippen molar-refractivity contribution in [1.82, 2.24) is 0 Å². The van der Waals surface area contributed by atoms with Crippen molar-refractivity contribution in [2.24, 2.45) is 11.8 Å². The average Bonchev–Trinajstić information content (AvgIpc) is 2.49. The highest BCUT2D eigenvalue weighted by molar-refractivity contribution is 5.63. The third kappa shape index (κ3) is 3.22. The van der Waals surface area contributed by atoms with Crippen LogP contribution in [0, 0.1) is 23.5 Å². The van der Waals surface area contributed by atoms with Crippen LogP contribution in [0.1, 0.15) is 38.2 Å². The third-order valence-corrected chi connectivity index (χ3v) is 4.09. The average molecular weight is 302 g/mol. The molecule has 1 aliphatic rings. The molecule has 0 aliphatic heterocycles. The molecule has 1 aliphatic carbocycles. The van der Waals surface area contributed by atoms with Crippen LogP contribution in [0.3, 0.4) is 0 Å². The minimum atomic E-state index is -1.42. The molecule has 2 rings (SSSR count). The number of ether oxygens (including phenoxy) is 1. The van der Waals surface area contributed by atoms with Gasteiger partial charge in [-0.15, -0.1) is 0 Å². The summed E-state index contributed by atoms with van der Waals surface area (Å²) >= 11 is 0. The van der Waals surface area contributed by atoms with E-state index in [4.69, 9.17) is 0 Å². The van der Waals surface area contributed by atoms with E-state index in [0.717, 1.165) is 25.0 Å². The van der Waals surface area contributed by atoms with Crippen molar-refractivity contribution in [2.75, 3.05) is 7.11 Å². The minimum Gasteiger partial charge on any atom is -0.494 e. The first-order chi connectivity index (χ1) is 9.95. The number of allylic oxidation sites excluding steroid dienone is 1. The van der Waals surface area contributed by atoms with Gasteiger partial charge < -0.3 is 4.74 Å². The number of methoxy groups -OCH3 is 1. The highest BCUT2D eigenvalue weighted by Gasteiger charge is 2.27. The molecule has 0 radical (unpaired) electrons. The van der Waals surface area contributed by atoms with Gasteiger partial charge in [-0.05, 0) is 30.9 Å². The van der Waals surface area contributed by atoms with Gasteiger partial charge in [0.15, 0.2) is 17.4 Å². The van der Waals surface area contributed by atoms with Crippen LogP contribution in [-0.2, 0) is 0 Å². The van der Waals surface area contributed by atoms with Crippen molar-refractivity contribution in [3.8, 4) is 5.75 Å². The SMILES string of the molecule is COc1ccc(/C(F)=C(\F)C2CCC(C)CC2)c(F)c1F. The third-order valence-electron chi connectivity index (χ3n) is 4.09. The van der Waals surface area contributed by atoms with Gasteiger partial charge in [0.05, 0.1) is 12.7 Å². The van der Waals surface area contributed by atoms with Gasteiger partial charge in [0.2, 0.25) is 5.82 Å². The van der Waals surface area contributed by atoms with Crippen LogP contribution < -0.4 is 4.74 Å². The van der Waals surface area contributed by atoms with Gasteiger partial charge in [-0.2, -0.15) is 4.39 Å². The van der Waals surface area contributed by atoms with Gasteiger partial charge in [-0.3, -0.25) is 0 Å². The molecule has 0 saturated heterocycles. The Morgan fingerprint density at radius 1 is 1.05 bits per heavy atom. The number of hydrogen-bond acceptors (Lipinski definition) is 1. The fourth-order valence-corrected chi connectivity index (χ4v) is 2.68. The maximum atomic E-state index is 14.2. The Kier molecular flexibility index (Phi) is 4.91. The number of halogens is 4. The molecule has 0 aromatic heterocycles. The van der Waals surface area contributed by atoms with Crippen LogP contribution >= 0.6 is 0 Å². The van der Waals surface area contributed by atoms with Crippen molar-refractivity contribution in [2.45, 2.75) is 32.6 Å². The molecule has 1 fully saturated rings. The quantitative estimate of drug-likeness (QED) is 0.679. The van der Waals surface area contributed by atoms with Gasteiger partial charge in [0, 0.05) is 5.92 Å². The van der Waals surface area contributed by atoms with Crippen molar-refractivity contribution in [3.05, 3.63) is 35.2 Å². The summed E-state index contributed by atoms with van der Waals surface area (Å²) in [7, 11) is 1.17. The van der Waals surface area contributed by atoms with E-state index < -0.39 is 34.8 Å². The van der Waals surface area contributed by atoms with E-state index in [-0.39, 0.29) is 5.75 Å². The molecule has 1 nitrogen and oxygen atoms in total. The Labute approximate surface area is 121 Å². The lowest BCUT2D eigenvalue weighted by Gasteiger charge is -2.25. The summed E-state index contributed by atoms with van der Waals surface area (Å²) in [4.78, 5) is 0. The second-order valence-electron chi connectivity index (χ2n) is 5.56. The lowest BCUT2D eigenvalue weighted by Crippen LogP contribution is -2.13. The lowest BCUT2D eigenvalue weighted by molar-refractivity contribution is 0.286. The summed E-state index contributed by atoms with van der Waals surface area (Å²) in [5, 5.41) is 0. The predicted molar refractivity (Wildman–Crippen MR) is 73.2 cm³/mol. The van der Waals surface area contributed by atoms with Crippen LogP contribution in [0.15, 0.2) is 18.0 Å². The topological polar surface area (TPSA) is 9.23 Å². The van der Waals surface area contributed by atoms with Crippen molar-refractivity contribution in [1.29, 1.82) is 0 Å². The summed E-state index contributed by atoms with van der Waals surface area (Å²) in [6, 6.07) is 2.08. The highest BCUT2D eigenvalue weighted by atomic mass is 19.2. The zero-order chi connectivity index (χ0) is 15.6. The van der Waals surface area contributed by atoms with Gasteiger partial charge in [-0.25, -0.2) is 13.2 Å². The molecular weight excluding hydrogens is 284 g/mol. The molecule has 116 valence electrons. The Morgan fingerprint density at radius 3 is 2.24 bits per heavy atom. The Bertz CT molecular complexity index is 545. The second-order valence-corrected chi connectivity index (χ2v) is 5.56. The van der Waals surface area contributed by atoms with Crippen LogP contribution in [0.2, 0.25) is 0 Å². The largest absolute Gasteiger partial charge is 0.494 e. The molecule has 1 aromatic carbocycles. The molecule has 0 atom stereocenters. The van der Waals surface area contributed by atoms with Crippen LogP contribution in [-0.4, -0.2) is 7.11 Å². The lowest BCUT2D eigenvalue weighted by atomic mass is 9.82. The molecule has 0 bridgehead atoms. The van der Waals surface area contributed by atoms with E-state index in [1.807, 2.05) is 0 Å². The molecule has 0 N–H and O–H groups in total. The Balaban J connectivity index is 2.32. The van der Waals surface area contributed by atoms with E-state index in [2.05, 4.69) is 11.7 Å². The molecule has 1 aromatic rings. The highest BCUT2D eigenvalue weighted by Crippen LogP contribution is 2.38. The number of hydrogen-bond donors (Lipinski definition) is 0. The van der Waals surface area contributed by atoms with Crippen LogP contribution in [0.4, 0.5) is 17.6 Å². The molecule has 21 heavy (non-hydrogen) atoms. The first-order valence-electron chi connectivity index (χ1n) is 7.03. The van der Waals surface area contributed by atoms with Gasteiger partial charge in [-0.1, -0.05) is 19.8 Å². The first-order valence-corrected chi connectivity index (χ1v) is 7.03. The smallest absolute Gasteiger partial charge is 0.201 e. The maximum Gasteiger partial charge on any atom is 0.201 e. The molecule has 0 unspecified atom stereocenters.